The van der Waals surface area contributed by atoms with Crippen molar-refractivity contribution < 1.29 is 0 Å². The zero-order valence-corrected chi connectivity index (χ0v) is 13.7. The van der Waals surface area contributed by atoms with Crippen LogP contribution in [0.25, 0.3) is 0 Å². The Morgan fingerprint density at radius 2 is 2.00 bits per heavy atom. The van der Waals surface area contributed by atoms with Gasteiger partial charge in [-0.3, -0.25) is 0 Å². The molecule has 19 heavy (non-hydrogen) atoms. The Bertz CT molecular complexity index is 408. The Balaban J connectivity index is 2.07. The van der Waals surface area contributed by atoms with Crippen molar-refractivity contribution in [3.05, 3.63) is 10.6 Å². The maximum absolute atomic E-state index is 4.81. The first-order chi connectivity index (χ1) is 8.97. The largest absolute Gasteiger partial charge is 0.345 e. The molecule has 0 amide bonds. The molecule has 3 nitrogen and oxygen atoms in total. The first kappa shape index (κ1) is 14.8. The molecule has 1 aromatic rings. The molecular formula is C15H27N3S. The smallest absolute Gasteiger partial charge is 0.186 e. The lowest BCUT2D eigenvalue weighted by Crippen LogP contribution is -2.29. The number of hydrogen-bond donors (Lipinski definition) is 1. The highest BCUT2D eigenvalue weighted by molar-refractivity contribution is 7.15. The summed E-state index contributed by atoms with van der Waals surface area (Å²) in [6.07, 6.45) is 2.68. The van der Waals surface area contributed by atoms with Crippen molar-refractivity contribution in [3.63, 3.8) is 0 Å². The van der Waals surface area contributed by atoms with Gasteiger partial charge in [0.25, 0.3) is 0 Å². The highest BCUT2D eigenvalue weighted by atomic mass is 32.1. The third kappa shape index (κ3) is 4.18. The normalized spacial score (nSPS) is 15.5. The molecule has 0 radical (unpaired) electrons. The van der Waals surface area contributed by atoms with Crippen LogP contribution in [-0.2, 0) is 6.54 Å². The van der Waals surface area contributed by atoms with Crippen LogP contribution in [0.2, 0.25) is 0 Å². The molecule has 0 bridgehead atoms. The van der Waals surface area contributed by atoms with E-state index in [0.29, 0.717) is 12.0 Å². The summed E-state index contributed by atoms with van der Waals surface area (Å²) in [5, 5.41) is 4.72. The predicted octanol–water partition coefficient (Wildman–Crippen LogP) is 3.57. The second-order valence-corrected chi connectivity index (χ2v) is 7.38. The van der Waals surface area contributed by atoms with Gasteiger partial charge in [0.15, 0.2) is 5.13 Å². The third-order valence-electron chi connectivity index (χ3n) is 3.35. The number of nitrogens with zero attached hydrogens (tertiary/aromatic N) is 2. The standard InChI is InChI=1S/C15H27N3S/c1-10(2)9-18(13-6-7-13)15-17-12(5)14(19-15)8-16-11(3)4/h10-11,13,16H,6-9H2,1-5H3. The first-order valence-corrected chi connectivity index (χ1v) is 8.25. The van der Waals surface area contributed by atoms with Crippen LogP contribution in [0.4, 0.5) is 5.13 Å². The van der Waals surface area contributed by atoms with E-state index in [1.165, 1.54) is 28.5 Å². The summed E-state index contributed by atoms with van der Waals surface area (Å²) >= 11 is 1.87. The minimum Gasteiger partial charge on any atom is -0.345 e. The zero-order valence-electron chi connectivity index (χ0n) is 12.9. The minimum absolute atomic E-state index is 0.528. The molecule has 0 saturated heterocycles. The molecule has 1 saturated carbocycles. The van der Waals surface area contributed by atoms with Gasteiger partial charge in [-0.05, 0) is 25.7 Å². The lowest BCUT2D eigenvalue weighted by Gasteiger charge is -2.23. The van der Waals surface area contributed by atoms with E-state index in [9.17, 15) is 0 Å². The summed E-state index contributed by atoms with van der Waals surface area (Å²) in [5.41, 5.74) is 1.20. The summed E-state index contributed by atoms with van der Waals surface area (Å²) in [5.74, 6) is 0.696. The summed E-state index contributed by atoms with van der Waals surface area (Å²) in [7, 11) is 0. The predicted molar refractivity (Wildman–Crippen MR) is 84.0 cm³/mol. The van der Waals surface area contributed by atoms with Gasteiger partial charge < -0.3 is 10.2 Å². The summed E-state index contributed by atoms with van der Waals surface area (Å²) in [4.78, 5) is 8.72. The summed E-state index contributed by atoms with van der Waals surface area (Å²) < 4.78 is 0. The molecule has 2 rings (SSSR count). The molecule has 0 aliphatic heterocycles. The van der Waals surface area contributed by atoms with E-state index >= 15 is 0 Å². The van der Waals surface area contributed by atoms with E-state index in [4.69, 9.17) is 4.98 Å². The fourth-order valence-electron chi connectivity index (χ4n) is 2.16. The monoisotopic (exact) mass is 281 g/mol. The molecule has 1 aliphatic rings. The number of hydrogen-bond acceptors (Lipinski definition) is 4. The number of anilines is 1. The van der Waals surface area contributed by atoms with Crippen molar-refractivity contribution in [2.24, 2.45) is 5.92 Å². The van der Waals surface area contributed by atoms with E-state index in [1.807, 2.05) is 11.3 Å². The van der Waals surface area contributed by atoms with E-state index in [0.717, 1.165) is 19.1 Å². The molecule has 1 fully saturated rings. The van der Waals surface area contributed by atoms with Crippen molar-refractivity contribution in [1.29, 1.82) is 0 Å². The van der Waals surface area contributed by atoms with Crippen LogP contribution in [0.5, 0.6) is 0 Å². The Morgan fingerprint density at radius 3 is 2.53 bits per heavy atom. The van der Waals surface area contributed by atoms with Crippen LogP contribution in [-0.4, -0.2) is 23.6 Å². The number of rotatable bonds is 7. The van der Waals surface area contributed by atoms with Crippen LogP contribution >= 0.6 is 11.3 Å². The highest BCUT2D eigenvalue weighted by Gasteiger charge is 2.31. The maximum Gasteiger partial charge on any atom is 0.186 e. The van der Waals surface area contributed by atoms with Gasteiger partial charge in [-0.2, -0.15) is 0 Å². The number of nitrogens with one attached hydrogen (secondary N) is 1. The molecule has 0 aromatic carbocycles. The van der Waals surface area contributed by atoms with Gasteiger partial charge in [0.05, 0.1) is 5.69 Å². The fourth-order valence-corrected chi connectivity index (χ4v) is 3.25. The van der Waals surface area contributed by atoms with Gasteiger partial charge in [-0.1, -0.05) is 27.7 Å². The number of aromatic nitrogens is 1. The van der Waals surface area contributed by atoms with E-state index < -0.39 is 0 Å². The van der Waals surface area contributed by atoms with Crippen LogP contribution < -0.4 is 10.2 Å². The van der Waals surface area contributed by atoms with E-state index in [1.54, 1.807) is 0 Å². The van der Waals surface area contributed by atoms with Gasteiger partial charge in [-0.15, -0.1) is 11.3 Å². The molecule has 0 spiro atoms. The van der Waals surface area contributed by atoms with Crippen LogP contribution in [0.1, 0.15) is 51.1 Å². The fraction of sp³-hybridized carbons (Fsp3) is 0.800. The quantitative estimate of drug-likeness (QED) is 0.828. The van der Waals surface area contributed by atoms with Crippen molar-refractivity contribution in [1.82, 2.24) is 10.3 Å². The average molecular weight is 281 g/mol. The zero-order chi connectivity index (χ0) is 14.0. The Morgan fingerprint density at radius 1 is 1.32 bits per heavy atom. The van der Waals surface area contributed by atoms with Crippen molar-refractivity contribution in [2.75, 3.05) is 11.4 Å². The Kier molecular flexibility index (Phi) is 4.85. The van der Waals surface area contributed by atoms with Crippen molar-refractivity contribution in [2.45, 2.75) is 66.1 Å². The second kappa shape index (κ2) is 6.23. The van der Waals surface area contributed by atoms with Crippen LogP contribution in [0, 0.1) is 12.8 Å². The Labute approximate surface area is 121 Å². The van der Waals surface area contributed by atoms with Gasteiger partial charge in [0.2, 0.25) is 0 Å². The molecule has 0 unspecified atom stereocenters. The second-order valence-electron chi connectivity index (χ2n) is 6.32. The van der Waals surface area contributed by atoms with Gasteiger partial charge in [0, 0.05) is 30.1 Å². The maximum atomic E-state index is 4.81. The molecule has 1 N–H and O–H groups in total. The SMILES string of the molecule is Cc1nc(N(CC(C)C)C2CC2)sc1CNC(C)C. The minimum atomic E-state index is 0.528. The lowest BCUT2D eigenvalue weighted by atomic mass is 10.2. The third-order valence-corrected chi connectivity index (χ3v) is 4.54. The molecule has 4 heteroatoms. The molecule has 1 aliphatic carbocycles. The number of thiazole rings is 1. The molecule has 1 aromatic heterocycles. The number of aryl methyl sites for hydroxylation is 1. The molecule has 1 heterocycles. The first-order valence-electron chi connectivity index (χ1n) is 7.43. The average Bonchev–Trinajstić information content (AvgIpc) is 3.08. The van der Waals surface area contributed by atoms with Gasteiger partial charge in [0.1, 0.15) is 0 Å². The molecular weight excluding hydrogens is 254 g/mol. The molecule has 0 atom stereocenters. The Hall–Kier alpha value is -0.610. The van der Waals surface area contributed by atoms with Crippen LogP contribution in [0.3, 0.4) is 0 Å². The van der Waals surface area contributed by atoms with Crippen LogP contribution in [0.15, 0.2) is 0 Å². The van der Waals surface area contributed by atoms with Crippen molar-refractivity contribution in [3.8, 4) is 0 Å². The summed E-state index contributed by atoms with van der Waals surface area (Å²) in [6.45, 7) is 13.2. The van der Waals surface area contributed by atoms with Gasteiger partial charge >= 0.3 is 0 Å². The highest BCUT2D eigenvalue weighted by Crippen LogP contribution is 2.35. The topological polar surface area (TPSA) is 28.2 Å². The lowest BCUT2D eigenvalue weighted by molar-refractivity contribution is 0.591. The van der Waals surface area contributed by atoms with E-state index in [-0.39, 0.29) is 0 Å². The molecule has 108 valence electrons. The van der Waals surface area contributed by atoms with E-state index in [2.05, 4.69) is 44.8 Å². The summed E-state index contributed by atoms with van der Waals surface area (Å²) in [6, 6.07) is 1.28. The van der Waals surface area contributed by atoms with Gasteiger partial charge in [-0.25, -0.2) is 4.98 Å². The van der Waals surface area contributed by atoms with Crippen molar-refractivity contribution >= 4 is 16.5 Å².